The zero-order chi connectivity index (χ0) is 14.3. The van der Waals surface area contributed by atoms with E-state index < -0.39 is 0 Å². The van der Waals surface area contributed by atoms with Crippen LogP contribution in [0.5, 0.6) is 0 Å². The normalized spacial score (nSPS) is 11.5. The third-order valence-corrected chi connectivity index (χ3v) is 4.28. The van der Waals surface area contributed by atoms with Crippen LogP contribution in [0.2, 0.25) is 0 Å². The summed E-state index contributed by atoms with van der Waals surface area (Å²) in [5.74, 6) is 1.19. The molecule has 1 N–H and O–H groups in total. The number of thioether (sulfide) groups is 1. The molecule has 2 nitrogen and oxygen atoms in total. The van der Waals surface area contributed by atoms with Crippen molar-refractivity contribution in [3.8, 4) is 0 Å². The van der Waals surface area contributed by atoms with Gasteiger partial charge in [0.1, 0.15) is 0 Å². The molecule has 0 aliphatic carbocycles. The van der Waals surface area contributed by atoms with Gasteiger partial charge in [0, 0.05) is 35.9 Å². The molecule has 0 bridgehead atoms. The Kier molecular flexibility index (Phi) is 8.07. The summed E-state index contributed by atoms with van der Waals surface area (Å²) in [6.07, 6.45) is 2.15. The van der Waals surface area contributed by atoms with Gasteiger partial charge in [-0.3, -0.25) is 0 Å². The zero-order valence-electron chi connectivity index (χ0n) is 12.4. The minimum Gasteiger partial charge on any atom is -0.310 e. The molecule has 0 spiro atoms. The van der Waals surface area contributed by atoms with Crippen LogP contribution in [-0.4, -0.2) is 36.5 Å². The van der Waals surface area contributed by atoms with E-state index in [0.717, 1.165) is 19.6 Å². The smallest absolute Gasteiger partial charge is 0.0242 e. The summed E-state index contributed by atoms with van der Waals surface area (Å²) in [7, 11) is 2.18. The highest BCUT2D eigenvalue weighted by Crippen LogP contribution is 2.20. The summed E-state index contributed by atoms with van der Waals surface area (Å²) in [6, 6.07) is 7.21. The Morgan fingerprint density at radius 3 is 2.68 bits per heavy atom. The van der Waals surface area contributed by atoms with Gasteiger partial charge in [-0.2, -0.15) is 11.8 Å². The molecule has 0 heterocycles. The first-order chi connectivity index (χ1) is 9.02. The standard InChI is InChI=1S/C15H25BrN2S/c1-12(2)17-10-13-5-6-14(15(16)9-13)11-18(3)7-8-19-4/h5-6,9,12,17H,7-8,10-11H2,1-4H3. The van der Waals surface area contributed by atoms with E-state index in [4.69, 9.17) is 0 Å². The molecule has 108 valence electrons. The van der Waals surface area contributed by atoms with E-state index >= 15 is 0 Å². The molecule has 0 atom stereocenters. The lowest BCUT2D eigenvalue weighted by Crippen LogP contribution is -2.22. The van der Waals surface area contributed by atoms with Crippen LogP contribution in [0.15, 0.2) is 22.7 Å². The van der Waals surface area contributed by atoms with Crippen LogP contribution >= 0.6 is 27.7 Å². The second-order valence-electron chi connectivity index (χ2n) is 5.19. The molecular weight excluding hydrogens is 320 g/mol. The number of nitrogens with zero attached hydrogens (tertiary/aromatic N) is 1. The van der Waals surface area contributed by atoms with Crippen molar-refractivity contribution in [2.75, 3.05) is 25.6 Å². The molecule has 0 unspecified atom stereocenters. The third-order valence-electron chi connectivity index (χ3n) is 2.95. The summed E-state index contributed by atoms with van der Waals surface area (Å²) in [4.78, 5) is 2.36. The summed E-state index contributed by atoms with van der Waals surface area (Å²) in [5.41, 5.74) is 2.69. The average Bonchev–Trinajstić information content (AvgIpc) is 2.36. The molecule has 0 aliphatic rings. The summed E-state index contributed by atoms with van der Waals surface area (Å²) in [6.45, 7) is 7.40. The predicted octanol–water partition coefficient (Wildman–Crippen LogP) is 3.74. The molecular formula is C15H25BrN2S. The number of rotatable bonds is 8. The van der Waals surface area contributed by atoms with Gasteiger partial charge in [0.2, 0.25) is 0 Å². The van der Waals surface area contributed by atoms with E-state index in [1.807, 2.05) is 11.8 Å². The second-order valence-corrected chi connectivity index (χ2v) is 7.03. The van der Waals surface area contributed by atoms with Gasteiger partial charge in [-0.1, -0.05) is 41.9 Å². The Hall–Kier alpha value is -0.0300. The van der Waals surface area contributed by atoms with Crippen molar-refractivity contribution in [2.24, 2.45) is 0 Å². The highest BCUT2D eigenvalue weighted by molar-refractivity contribution is 9.10. The third kappa shape index (κ3) is 6.80. The molecule has 1 aromatic rings. The van der Waals surface area contributed by atoms with Gasteiger partial charge in [-0.05, 0) is 30.5 Å². The van der Waals surface area contributed by atoms with E-state index in [1.165, 1.54) is 21.4 Å². The zero-order valence-corrected chi connectivity index (χ0v) is 14.8. The van der Waals surface area contributed by atoms with E-state index in [9.17, 15) is 0 Å². The molecule has 0 saturated heterocycles. The first-order valence-electron chi connectivity index (χ1n) is 6.71. The SMILES string of the molecule is CSCCN(C)Cc1ccc(CNC(C)C)cc1Br. The van der Waals surface area contributed by atoms with E-state index in [2.05, 4.69) is 71.5 Å². The van der Waals surface area contributed by atoms with Crippen LogP contribution in [0, 0.1) is 0 Å². The van der Waals surface area contributed by atoms with Crippen LogP contribution in [0.3, 0.4) is 0 Å². The number of hydrogen-bond donors (Lipinski definition) is 1. The molecule has 19 heavy (non-hydrogen) atoms. The number of nitrogens with one attached hydrogen (secondary N) is 1. The van der Waals surface area contributed by atoms with E-state index in [1.54, 1.807) is 0 Å². The van der Waals surface area contributed by atoms with Crippen LogP contribution < -0.4 is 5.32 Å². The van der Waals surface area contributed by atoms with Crippen LogP contribution in [0.25, 0.3) is 0 Å². The number of hydrogen-bond acceptors (Lipinski definition) is 3. The van der Waals surface area contributed by atoms with Crippen molar-refractivity contribution in [1.82, 2.24) is 10.2 Å². The highest BCUT2D eigenvalue weighted by Gasteiger charge is 2.05. The molecule has 0 aromatic heterocycles. The monoisotopic (exact) mass is 344 g/mol. The predicted molar refractivity (Wildman–Crippen MR) is 90.8 cm³/mol. The van der Waals surface area contributed by atoms with E-state index in [0.29, 0.717) is 6.04 Å². The van der Waals surface area contributed by atoms with Crippen molar-refractivity contribution >= 4 is 27.7 Å². The van der Waals surface area contributed by atoms with Gasteiger partial charge in [0.05, 0.1) is 0 Å². The summed E-state index contributed by atoms with van der Waals surface area (Å²) >= 11 is 5.59. The lowest BCUT2D eigenvalue weighted by molar-refractivity contribution is 0.348. The maximum absolute atomic E-state index is 3.69. The van der Waals surface area contributed by atoms with Crippen molar-refractivity contribution in [1.29, 1.82) is 0 Å². The molecule has 0 amide bonds. The fourth-order valence-electron chi connectivity index (χ4n) is 1.77. The minimum atomic E-state index is 0.524. The fraction of sp³-hybridized carbons (Fsp3) is 0.600. The number of benzene rings is 1. The van der Waals surface area contributed by atoms with Crippen molar-refractivity contribution in [2.45, 2.75) is 33.0 Å². The lowest BCUT2D eigenvalue weighted by Gasteiger charge is -2.17. The molecule has 4 heteroatoms. The summed E-state index contributed by atoms with van der Waals surface area (Å²) < 4.78 is 1.21. The van der Waals surface area contributed by atoms with Gasteiger partial charge in [-0.25, -0.2) is 0 Å². The molecule has 0 saturated carbocycles. The number of halogens is 1. The molecule has 0 fully saturated rings. The van der Waals surface area contributed by atoms with E-state index in [-0.39, 0.29) is 0 Å². The van der Waals surface area contributed by atoms with Crippen LogP contribution in [0.1, 0.15) is 25.0 Å². The van der Waals surface area contributed by atoms with Crippen LogP contribution in [0.4, 0.5) is 0 Å². The summed E-state index contributed by atoms with van der Waals surface area (Å²) in [5, 5.41) is 3.44. The van der Waals surface area contributed by atoms with Crippen molar-refractivity contribution < 1.29 is 0 Å². The molecule has 1 rings (SSSR count). The maximum Gasteiger partial charge on any atom is 0.0242 e. The fourth-order valence-corrected chi connectivity index (χ4v) is 2.81. The second kappa shape index (κ2) is 9.01. The highest BCUT2D eigenvalue weighted by atomic mass is 79.9. The Morgan fingerprint density at radius 1 is 1.37 bits per heavy atom. The topological polar surface area (TPSA) is 15.3 Å². The Balaban J connectivity index is 2.56. The maximum atomic E-state index is 3.69. The lowest BCUT2D eigenvalue weighted by atomic mass is 10.1. The van der Waals surface area contributed by atoms with Crippen molar-refractivity contribution in [3.05, 3.63) is 33.8 Å². The Morgan fingerprint density at radius 2 is 2.11 bits per heavy atom. The Labute approximate surface area is 130 Å². The van der Waals surface area contributed by atoms with Crippen molar-refractivity contribution in [3.63, 3.8) is 0 Å². The molecule has 1 aromatic carbocycles. The molecule has 0 radical (unpaired) electrons. The largest absolute Gasteiger partial charge is 0.310 e. The van der Waals surface area contributed by atoms with Gasteiger partial charge >= 0.3 is 0 Å². The quantitative estimate of drug-likeness (QED) is 0.773. The van der Waals surface area contributed by atoms with Gasteiger partial charge in [0.25, 0.3) is 0 Å². The first-order valence-corrected chi connectivity index (χ1v) is 8.89. The molecule has 0 aliphatic heterocycles. The first kappa shape index (κ1) is 17.0. The minimum absolute atomic E-state index is 0.524. The van der Waals surface area contributed by atoms with Gasteiger partial charge in [-0.15, -0.1) is 0 Å². The van der Waals surface area contributed by atoms with Gasteiger partial charge in [0.15, 0.2) is 0 Å². The average molecular weight is 345 g/mol. The Bertz CT molecular complexity index is 382. The van der Waals surface area contributed by atoms with Gasteiger partial charge < -0.3 is 10.2 Å². The van der Waals surface area contributed by atoms with Crippen LogP contribution in [-0.2, 0) is 13.1 Å².